The summed E-state index contributed by atoms with van der Waals surface area (Å²) in [7, 11) is -7.83. The highest BCUT2D eigenvalue weighted by molar-refractivity contribution is 7.90. The molecule has 1 unspecified atom stereocenters. The number of rotatable bonds is 9. The predicted octanol–water partition coefficient (Wildman–Crippen LogP) is 0.433. The van der Waals surface area contributed by atoms with Gasteiger partial charge in [-0.2, -0.15) is 8.42 Å². The van der Waals surface area contributed by atoms with Crippen molar-refractivity contribution >= 4 is 20.0 Å². The fraction of sp³-hybridized carbons (Fsp3) is 0.571. The van der Waals surface area contributed by atoms with Crippen LogP contribution in [-0.2, 0) is 24.1 Å². The van der Waals surface area contributed by atoms with Crippen LogP contribution < -0.4 is 5.32 Å². The Balaban J connectivity index is 3.18. The monoisotopic (exact) mass is 365 g/mol. The van der Waals surface area contributed by atoms with Gasteiger partial charge in [0.05, 0.1) is 17.3 Å². The van der Waals surface area contributed by atoms with E-state index >= 15 is 0 Å². The van der Waals surface area contributed by atoms with Gasteiger partial charge in [0, 0.05) is 6.26 Å². The molecule has 0 aromatic heterocycles. The Morgan fingerprint density at radius 2 is 1.74 bits per heavy atom. The van der Waals surface area contributed by atoms with Crippen LogP contribution in [0.1, 0.15) is 18.9 Å². The van der Waals surface area contributed by atoms with Crippen molar-refractivity contribution in [1.29, 1.82) is 0 Å². The van der Waals surface area contributed by atoms with E-state index < -0.39 is 38.0 Å². The molecule has 1 atom stereocenters. The second-order valence-electron chi connectivity index (χ2n) is 5.50. The molecule has 0 saturated carbocycles. The summed E-state index contributed by atoms with van der Waals surface area (Å²) in [6.07, 6.45) is 1.56. The van der Waals surface area contributed by atoms with E-state index in [0.29, 0.717) is 13.0 Å². The molecule has 2 N–H and O–H groups in total. The summed E-state index contributed by atoms with van der Waals surface area (Å²) in [4.78, 5) is -0.104. The first-order valence-electron chi connectivity index (χ1n) is 7.09. The fourth-order valence-electron chi connectivity index (χ4n) is 1.97. The summed E-state index contributed by atoms with van der Waals surface area (Å²) in [6.45, 7) is 3.12. The minimum Gasteiger partial charge on any atom is -0.392 e. The molecule has 7 nitrogen and oxygen atoms in total. The Morgan fingerprint density at radius 3 is 2.17 bits per heavy atom. The smallest absolute Gasteiger partial charge is 0.298 e. The third-order valence-electron chi connectivity index (χ3n) is 3.03. The fourth-order valence-corrected chi connectivity index (χ4v) is 4.30. The lowest BCUT2D eigenvalue weighted by atomic mass is 10.2. The molecule has 0 spiro atoms. The first-order chi connectivity index (χ1) is 10.5. The van der Waals surface area contributed by atoms with Crippen LogP contribution in [0, 0.1) is 6.92 Å². The summed E-state index contributed by atoms with van der Waals surface area (Å²) in [5, 5.41) is 12.3. The normalized spacial score (nSPS) is 15.3. The summed E-state index contributed by atoms with van der Waals surface area (Å²) >= 11 is 0. The van der Waals surface area contributed by atoms with Crippen molar-refractivity contribution in [2.75, 3.05) is 25.2 Å². The van der Waals surface area contributed by atoms with E-state index in [9.17, 15) is 21.9 Å². The van der Waals surface area contributed by atoms with E-state index in [0.717, 1.165) is 11.8 Å². The number of benzene rings is 1. The van der Waals surface area contributed by atoms with E-state index in [1.165, 1.54) is 12.1 Å². The minimum atomic E-state index is -4.24. The number of aliphatic hydroxyl groups excluding tert-OH is 1. The van der Waals surface area contributed by atoms with Crippen LogP contribution in [0.2, 0.25) is 0 Å². The van der Waals surface area contributed by atoms with E-state index in [-0.39, 0.29) is 4.90 Å². The van der Waals surface area contributed by atoms with Crippen molar-refractivity contribution in [3.05, 3.63) is 29.8 Å². The molecule has 0 saturated heterocycles. The van der Waals surface area contributed by atoms with Crippen LogP contribution in [0.15, 0.2) is 29.2 Å². The first kappa shape index (κ1) is 20.0. The molecule has 1 aromatic rings. The van der Waals surface area contributed by atoms with Gasteiger partial charge in [0.25, 0.3) is 10.1 Å². The van der Waals surface area contributed by atoms with Crippen molar-refractivity contribution in [3.63, 3.8) is 0 Å². The zero-order valence-corrected chi connectivity index (χ0v) is 15.1. The maximum atomic E-state index is 12.4. The highest BCUT2D eigenvalue weighted by Gasteiger charge is 2.39. The second-order valence-corrected chi connectivity index (χ2v) is 9.19. The lowest BCUT2D eigenvalue weighted by Crippen LogP contribution is -2.56. The number of aryl methyl sites for hydroxylation is 1. The third kappa shape index (κ3) is 6.19. The van der Waals surface area contributed by atoms with Crippen LogP contribution >= 0.6 is 0 Å². The van der Waals surface area contributed by atoms with E-state index in [4.69, 9.17) is 4.18 Å². The highest BCUT2D eigenvalue weighted by atomic mass is 32.2. The molecule has 0 aliphatic heterocycles. The topological polar surface area (TPSA) is 110 Å². The Bertz CT molecular complexity index is 712. The maximum Gasteiger partial charge on any atom is 0.298 e. The van der Waals surface area contributed by atoms with Crippen LogP contribution in [0.5, 0.6) is 0 Å². The van der Waals surface area contributed by atoms with E-state index in [1.807, 2.05) is 13.8 Å². The quantitative estimate of drug-likeness (QED) is 0.482. The Morgan fingerprint density at radius 1 is 1.17 bits per heavy atom. The van der Waals surface area contributed by atoms with Gasteiger partial charge < -0.3 is 5.11 Å². The minimum absolute atomic E-state index is 0.104. The number of aliphatic hydroxyl groups is 1. The molecule has 0 radical (unpaired) electrons. The van der Waals surface area contributed by atoms with E-state index in [2.05, 4.69) is 5.32 Å². The number of hydrogen-bond acceptors (Lipinski definition) is 7. The number of nitrogens with one attached hydrogen (secondary N) is 1. The molecule has 0 aliphatic carbocycles. The highest BCUT2D eigenvalue weighted by Crippen LogP contribution is 2.21. The molecular weight excluding hydrogens is 342 g/mol. The van der Waals surface area contributed by atoms with Crippen molar-refractivity contribution in [2.24, 2.45) is 0 Å². The Kier molecular flexibility index (Phi) is 6.72. The van der Waals surface area contributed by atoms with Crippen molar-refractivity contribution in [2.45, 2.75) is 30.9 Å². The van der Waals surface area contributed by atoms with Gasteiger partial charge in [-0.15, -0.1) is 0 Å². The molecule has 0 fully saturated rings. The van der Waals surface area contributed by atoms with Crippen molar-refractivity contribution in [3.8, 4) is 0 Å². The Labute approximate surface area is 137 Å². The van der Waals surface area contributed by atoms with Crippen molar-refractivity contribution < 1.29 is 26.1 Å². The van der Waals surface area contributed by atoms with Gasteiger partial charge in [-0.1, -0.05) is 24.6 Å². The van der Waals surface area contributed by atoms with Crippen LogP contribution in [0.25, 0.3) is 0 Å². The van der Waals surface area contributed by atoms with Gasteiger partial charge >= 0.3 is 0 Å². The summed E-state index contributed by atoms with van der Waals surface area (Å²) in [5.41, 5.74) is -1.04. The molecule has 9 heteroatoms. The molecule has 0 aliphatic rings. The maximum absolute atomic E-state index is 12.4. The number of sulfone groups is 1. The average Bonchev–Trinajstić information content (AvgIpc) is 2.43. The van der Waals surface area contributed by atoms with Gasteiger partial charge in [0.15, 0.2) is 15.6 Å². The standard InChI is InChI=1S/C14H23NO6S2/c1-4-9-15-14(10-16,11-22(3,17)18)21-23(19,20)13-7-5-12(2)6-8-13/h5-8,15-16H,4,9-11H2,1-3H3. The predicted molar refractivity (Wildman–Crippen MR) is 87.3 cm³/mol. The molecule has 132 valence electrons. The van der Waals surface area contributed by atoms with Gasteiger partial charge in [-0.05, 0) is 32.0 Å². The zero-order chi connectivity index (χ0) is 17.7. The zero-order valence-electron chi connectivity index (χ0n) is 13.4. The lowest BCUT2D eigenvalue weighted by Gasteiger charge is -2.31. The van der Waals surface area contributed by atoms with Gasteiger partial charge in [0.1, 0.15) is 0 Å². The van der Waals surface area contributed by atoms with Crippen LogP contribution in [0.3, 0.4) is 0 Å². The van der Waals surface area contributed by atoms with Crippen LogP contribution in [0.4, 0.5) is 0 Å². The molecule has 1 rings (SSSR count). The molecule has 0 bridgehead atoms. The molecule has 1 aromatic carbocycles. The second kappa shape index (κ2) is 7.71. The largest absolute Gasteiger partial charge is 0.392 e. The first-order valence-corrected chi connectivity index (χ1v) is 10.6. The summed E-state index contributed by atoms with van der Waals surface area (Å²) in [6, 6.07) is 5.94. The van der Waals surface area contributed by atoms with Gasteiger partial charge in [-0.25, -0.2) is 12.6 Å². The average molecular weight is 365 g/mol. The van der Waals surface area contributed by atoms with Gasteiger partial charge in [0.2, 0.25) is 0 Å². The van der Waals surface area contributed by atoms with Crippen molar-refractivity contribution in [1.82, 2.24) is 5.32 Å². The summed E-state index contributed by atoms with van der Waals surface area (Å²) in [5.74, 6) is -0.665. The molecule has 0 heterocycles. The molecule has 23 heavy (non-hydrogen) atoms. The van der Waals surface area contributed by atoms with Gasteiger partial charge in [-0.3, -0.25) is 5.32 Å². The van der Waals surface area contributed by atoms with E-state index in [1.54, 1.807) is 12.1 Å². The Hall–Kier alpha value is -1.00. The SMILES string of the molecule is CCCNC(CO)(CS(C)(=O)=O)OS(=O)(=O)c1ccc(C)cc1. The number of hydrogen-bond donors (Lipinski definition) is 2. The molecular formula is C14H23NO6S2. The lowest BCUT2D eigenvalue weighted by molar-refractivity contribution is 0.00488. The third-order valence-corrected chi connectivity index (χ3v) is 5.41. The summed E-state index contributed by atoms with van der Waals surface area (Å²) < 4.78 is 53.1. The molecule has 0 amide bonds. The van der Waals surface area contributed by atoms with Crippen LogP contribution in [-0.4, -0.2) is 52.8 Å².